The minimum atomic E-state index is -0.564. The van der Waals surface area contributed by atoms with Gasteiger partial charge in [0.05, 0.1) is 20.3 Å². The van der Waals surface area contributed by atoms with Gasteiger partial charge in [0.15, 0.2) is 0 Å². The summed E-state index contributed by atoms with van der Waals surface area (Å²) in [5.74, 6) is 1.36. The Kier molecular flexibility index (Phi) is 6.05. The summed E-state index contributed by atoms with van der Waals surface area (Å²) in [5.41, 5.74) is 6.91. The van der Waals surface area contributed by atoms with Gasteiger partial charge in [-0.15, -0.1) is 0 Å². The van der Waals surface area contributed by atoms with Crippen LogP contribution in [0.3, 0.4) is 0 Å². The number of carbonyl (C=O) groups is 1. The Hall–Kier alpha value is -1.95. The third kappa shape index (κ3) is 4.80. The zero-order chi connectivity index (χ0) is 16.9. The fourth-order valence-corrected chi connectivity index (χ4v) is 2.04. The number of benzene rings is 1. The van der Waals surface area contributed by atoms with Crippen molar-refractivity contribution >= 4 is 6.09 Å². The molecule has 0 saturated carbocycles. The van der Waals surface area contributed by atoms with Crippen LogP contribution < -0.4 is 20.5 Å². The minimum Gasteiger partial charge on any atom is -0.496 e. The molecule has 6 heteroatoms. The first-order valence-corrected chi connectivity index (χ1v) is 7.14. The number of rotatable bonds is 5. The summed E-state index contributed by atoms with van der Waals surface area (Å²) >= 11 is 0. The Morgan fingerprint density at radius 1 is 1.23 bits per heavy atom. The topological polar surface area (TPSA) is 82.8 Å². The van der Waals surface area contributed by atoms with Gasteiger partial charge in [0, 0.05) is 12.1 Å². The standard InChI is InChI=1S/C16H26N2O4/c1-10-13(20-5)7-11(8-14(10)21-6)12(9-17)18-15(19)22-16(2,3)4/h7-8,12H,9,17H2,1-6H3,(H,18,19). The first-order valence-electron chi connectivity index (χ1n) is 7.14. The van der Waals surface area contributed by atoms with Crippen LogP contribution in [0.5, 0.6) is 11.5 Å². The van der Waals surface area contributed by atoms with Crippen molar-refractivity contribution in [2.75, 3.05) is 20.8 Å². The molecule has 0 aliphatic rings. The van der Waals surface area contributed by atoms with Crippen LogP contribution in [0.1, 0.15) is 37.9 Å². The van der Waals surface area contributed by atoms with E-state index in [4.69, 9.17) is 19.9 Å². The molecule has 1 aromatic rings. The van der Waals surface area contributed by atoms with Gasteiger partial charge in [0.2, 0.25) is 0 Å². The van der Waals surface area contributed by atoms with E-state index in [2.05, 4.69) is 5.32 Å². The fourth-order valence-electron chi connectivity index (χ4n) is 2.04. The van der Waals surface area contributed by atoms with Crippen molar-refractivity contribution < 1.29 is 19.0 Å². The average molecular weight is 310 g/mol. The molecule has 1 rings (SSSR count). The number of hydrogen-bond donors (Lipinski definition) is 2. The number of methoxy groups -OCH3 is 2. The van der Waals surface area contributed by atoms with Gasteiger partial charge in [-0.3, -0.25) is 0 Å². The lowest BCUT2D eigenvalue weighted by Gasteiger charge is -2.24. The molecule has 124 valence electrons. The first kappa shape index (κ1) is 18.1. The van der Waals surface area contributed by atoms with Crippen molar-refractivity contribution in [3.05, 3.63) is 23.3 Å². The Morgan fingerprint density at radius 2 is 1.73 bits per heavy atom. The number of ether oxygens (including phenoxy) is 3. The first-order chi connectivity index (χ1) is 10.2. The summed E-state index contributed by atoms with van der Waals surface area (Å²) in [5, 5.41) is 2.76. The summed E-state index contributed by atoms with van der Waals surface area (Å²) in [6.07, 6.45) is -0.513. The molecule has 1 atom stereocenters. The highest BCUT2D eigenvalue weighted by atomic mass is 16.6. The van der Waals surface area contributed by atoms with Crippen molar-refractivity contribution in [2.45, 2.75) is 39.3 Å². The summed E-state index contributed by atoms with van der Waals surface area (Å²) < 4.78 is 15.9. The van der Waals surface area contributed by atoms with E-state index < -0.39 is 17.7 Å². The summed E-state index contributed by atoms with van der Waals surface area (Å²) in [6.45, 7) is 7.56. The van der Waals surface area contributed by atoms with Crippen LogP contribution >= 0.6 is 0 Å². The second kappa shape index (κ2) is 7.35. The molecule has 0 aliphatic heterocycles. The SMILES string of the molecule is COc1cc(C(CN)NC(=O)OC(C)(C)C)cc(OC)c1C. The van der Waals surface area contributed by atoms with Crippen LogP contribution in [0, 0.1) is 6.92 Å². The Balaban J connectivity index is 3.02. The van der Waals surface area contributed by atoms with Crippen LogP contribution in [-0.4, -0.2) is 32.5 Å². The van der Waals surface area contributed by atoms with Crippen LogP contribution in [0.2, 0.25) is 0 Å². The van der Waals surface area contributed by atoms with Gasteiger partial charge in [0.25, 0.3) is 0 Å². The van der Waals surface area contributed by atoms with Crippen LogP contribution in [-0.2, 0) is 4.74 Å². The molecule has 0 aromatic heterocycles. The lowest BCUT2D eigenvalue weighted by Crippen LogP contribution is -2.37. The van der Waals surface area contributed by atoms with Gasteiger partial charge in [0.1, 0.15) is 17.1 Å². The maximum absolute atomic E-state index is 11.9. The van der Waals surface area contributed by atoms with E-state index in [1.165, 1.54) is 0 Å². The summed E-state index contributed by atoms with van der Waals surface area (Å²) in [6, 6.07) is 3.29. The van der Waals surface area contributed by atoms with Gasteiger partial charge in [-0.2, -0.15) is 0 Å². The molecule has 0 fully saturated rings. The number of carbonyl (C=O) groups excluding carboxylic acids is 1. The van der Waals surface area contributed by atoms with Gasteiger partial charge < -0.3 is 25.3 Å². The second-order valence-corrected chi connectivity index (χ2v) is 5.98. The van der Waals surface area contributed by atoms with Crippen molar-refractivity contribution in [2.24, 2.45) is 5.73 Å². The molecular weight excluding hydrogens is 284 g/mol. The van der Waals surface area contributed by atoms with E-state index in [9.17, 15) is 4.79 Å². The zero-order valence-electron chi connectivity index (χ0n) is 14.1. The lowest BCUT2D eigenvalue weighted by molar-refractivity contribution is 0.0505. The highest BCUT2D eigenvalue weighted by molar-refractivity contribution is 5.68. The Morgan fingerprint density at radius 3 is 2.09 bits per heavy atom. The minimum absolute atomic E-state index is 0.231. The predicted octanol–water partition coefficient (Wildman–Crippen LogP) is 2.54. The number of nitrogens with one attached hydrogen (secondary N) is 1. The molecule has 1 unspecified atom stereocenters. The normalized spacial score (nSPS) is 12.5. The van der Waals surface area contributed by atoms with Crippen LogP contribution in [0.4, 0.5) is 4.79 Å². The van der Waals surface area contributed by atoms with E-state index in [1.807, 2.05) is 39.8 Å². The highest BCUT2D eigenvalue weighted by Gasteiger charge is 2.21. The second-order valence-electron chi connectivity index (χ2n) is 5.98. The zero-order valence-corrected chi connectivity index (χ0v) is 14.1. The van der Waals surface area contributed by atoms with Crippen molar-refractivity contribution in [1.29, 1.82) is 0 Å². The Labute approximate surface area is 131 Å². The van der Waals surface area contributed by atoms with Crippen LogP contribution in [0.15, 0.2) is 12.1 Å². The molecular formula is C16H26N2O4. The number of amides is 1. The molecule has 6 nitrogen and oxygen atoms in total. The highest BCUT2D eigenvalue weighted by Crippen LogP contribution is 2.31. The average Bonchev–Trinajstić information content (AvgIpc) is 2.43. The van der Waals surface area contributed by atoms with Gasteiger partial charge in [-0.05, 0) is 45.4 Å². The predicted molar refractivity (Wildman–Crippen MR) is 85.4 cm³/mol. The fraction of sp³-hybridized carbons (Fsp3) is 0.562. The largest absolute Gasteiger partial charge is 0.496 e. The molecule has 0 heterocycles. The van der Waals surface area contributed by atoms with Crippen molar-refractivity contribution in [3.8, 4) is 11.5 Å². The third-order valence-corrected chi connectivity index (χ3v) is 3.10. The number of nitrogens with two attached hydrogens (primary N) is 1. The summed E-state index contributed by atoms with van der Waals surface area (Å²) in [4.78, 5) is 11.9. The molecule has 1 amide bonds. The van der Waals surface area contributed by atoms with Gasteiger partial charge >= 0.3 is 6.09 Å². The third-order valence-electron chi connectivity index (χ3n) is 3.10. The number of hydrogen-bond acceptors (Lipinski definition) is 5. The van der Waals surface area contributed by atoms with Crippen LogP contribution in [0.25, 0.3) is 0 Å². The Bertz CT molecular complexity index is 498. The number of alkyl carbamates (subject to hydrolysis) is 1. The summed E-state index contributed by atoms with van der Waals surface area (Å²) in [7, 11) is 3.18. The van der Waals surface area contributed by atoms with Gasteiger partial charge in [-0.25, -0.2) is 4.79 Å². The van der Waals surface area contributed by atoms with E-state index in [1.54, 1.807) is 14.2 Å². The maximum Gasteiger partial charge on any atom is 0.408 e. The lowest BCUT2D eigenvalue weighted by atomic mass is 10.0. The van der Waals surface area contributed by atoms with Gasteiger partial charge in [-0.1, -0.05) is 0 Å². The molecule has 1 aromatic carbocycles. The molecule has 0 bridgehead atoms. The van der Waals surface area contributed by atoms with Crippen molar-refractivity contribution in [3.63, 3.8) is 0 Å². The van der Waals surface area contributed by atoms with E-state index in [-0.39, 0.29) is 6.54 Å². The molecule has 0 saturated heterocycles. The smallest absolute Gasteiger partial charge is 0.408 e. The quantitative estimate of drug-likeness (QED) is 0.873. The van der Waals surface area contributed by atoms with Crippen molar-refractivity contribution in [1.82, 2.24) is 5.32 Å². The molecule has 22 heavy (non-hydrogen) atoms. The maximum atomic E-state index is 11.9. The monoisotopic (exact) mass is 310 g/mol. The molecule has 3 N–H and O–H groups in total. The van der Waals surface area contributed by atoms with E-state index >= 15 is 0 Å². The van der Waals surface area contributed by atoms with E-state index in [0.29, 0.717) is 11.5 Å². The molecule has 0 spiro atoms. The van der Waals surface area contributed by atoms with E-state index in [0.717, 1.165) is 11.1 Å². The molecule has 0 aliphatic carbocycles. The molecule has 0 radical (unpaired) electrons.